The second-order valence-electron chi connectivity index (χ2n) is 13.9. The van der Waals surface area contributed by atoms with Crippen LogP contribution in [0.3, 0.4) is 0 Å². The van der Waals surface area contributed by atoms with Gasteiger partial charge in [-0.15, -0.1) is 0 Å². The van der Waals surface area contributed by atoms with Gasteiger partial charge in [0.25, 0.3) is 5.91 Å². The summed E-state index contributed by atoms with van der Waals surface area (Å²) in [5.74, 6) is 0.106. The third kappa shape index (κ3) is 5.95. The summed E-state index contributed by atoms with van der Waals surface area (Å²) >= 11 is 0. The fourth-order valence-corrected chi connectivity index (χ4v) is 6.95. The molecule has 0 atom stereocenters. The van der Waals surface area contributed by atoms with E-state index in [-0.39, 0.29) is 34.9 Å². The molecule has 2 aliphatic carbocycles. The zero-order valence-corrected chi connectivity index (χ0v) is 26.1. The summed E-state index contributed by atoms with van der Waals surface area (Å²) in [6.45, 7) is 15.4. The number of anilines is 1. The van der Waals surface area contributed by atoms with Gasteiger partial charge in [0.15, 0.2) is 18.2 Å². The molecule has 1 heterocycles. The summed E-state index contributed by atoms with van der Waals surface area (Å²) in [7, 11) is 0. The van der Waals surface area contributed by atoms with Crippen molar-refractivity contribution in [2.24, 2.45) is 10.8 Å². The second kappa shape index (κ2) is 11.2. The van der Waals surface area contributed by atoms with Crippen LogP contribution in [0.4, 0.5) is 5.69 Å². The number of ether oxygens (including phenoxy) is 1. The fourth-order valence-electron chi connectivity index (χ4n) is 6.95. The van der Waals surface area contributed by atoms with Crippen molar-refractivity contribution in [1.29, 1.82) is 0 Å². The number of allylic oxidation sites excluding steroid dienone is 4. The number of hydrogen-bond acceptors (Lipinski definition) is 5. The van der Waals surface area contributed by atoms with Crippen LogP contribution in [0.2, 0.25) is 0 Å². The van der Waals surface area contributed by atoms with Crippen LogP contribution < -0.4 is 10.1 Å². The van der Waals surface area contributed by atoms with Gasteiger partial charge in [0.05, 0.1) is 0 Å². The number of hydrogen-bond donors (Lipinski definition) is 1. The number of carbonyl (C=O) groups excluding carboxylic acids is 3. The summed E-state index contributed by atoms with van der Waals surface area (Å²) < 4.78 is 5.96. The standard InChI is InChI=1S/C36H44N2O4/c1-8-14-38-27-17-35(4,5)19-29(39)33(27)32(34-28(38)18-36(6,7)20-30(34)40)24-10-9-11-25(16-24)42-21-31(41)37-26-13-12-22(2)15-23(26)3/h9-13,15-16,32H,8,14,17-21H2,1-7H3,(H,37,41). The van der Waals surface area contributed by atoms with E-state index >= 15 is 0 Å². The van der Waals surface area contributed by atoms with Crippen molar-refractivity contribution in [3.63, 3.8) is 0 Å². The van der Waals surface area contributed by atoms with Crippen LogP contribution in [0.5, 0.6) is 5.75 Å². The first-order chi connectivity index (χ1) is 19.8. The molecule has 1 amide bonds. The van der Waals surface area contributed by atoms with E-state index in [2.05, 4.69) is 44.8 Å². The smallest absolute Gasteiger partial charge is 0.262 e. The maximum atomic E-state index is 13.9. The predicted octanol–water partition coefficient (Wildman–Crippen LogP) is 7.42. The van der Waals surface area contributed by atoms with Gasteiger partial charge in [-0.05, 0) is 73.3 Å². The van der Waals surface area contributed by atoms with Crippen LogP contribution in [0.1, 0.15) is 89.3 Å². The van der Waals surface area contributed by atoms with E-state index in [1.165, 1.54) is 0 Å². The molecule has 5 rings (SSSR count). The lowest BCUT2D eigenvalue weighted by molar-refractivity contribution is -0.120. The van der Waals surface area contributed by atoms with Gasteiger partial charge in [0.1, 0.15) is 5.75 Å². The van der Waals surface area contributed by atoms with Gasteiger partial charge in [-0.2, -0.15) is 0 Å². The Morgan fingerprint density at radius 2 is 1.52 bits per heavy atom. The molecule has 42 heavy (non-hydrogen) atoms. The van der Waals surface area contributed by atoms with E-state index in [1.807, 2.05) is 56.3 Å². The number of rotatable bonds is 7. The second-order valence-corrected chi connectivity index (χ2v) is 13.9. The highest BCUT2D eigenvalue weighted by Gasteiger charge is 2.48. The molecule has 1 N–H and O–H groups in total. The molecule has 0 bridgehead atoms. The summed E-state index contributed by atoms with van der Waals surface area (Å²) in [6, 6.07) is 13.5. The molecule has 0 fully saturated rings. The first-order valence-electron chi connectivity index (χ1n) is 15.2. The minimum Gasteiger partial charge on any atom is -0.484 e. The molecule has 0 spiro atoms. The molecular weight excluding hydrogens is 524 g/mol. The normalized spacial score (nSPS) is 19.9. The highest BCUT2D eigenvalue weighted by Crippen LogP contribution is 2.54. The molecule has 0 saturated carbocycles. The first kappa shape index (κ1) is 29.8. The predicted molar refractivity (Wildman–Crippen MR) is 166 cm³/mol. The van der Waals surface area contributed by atoms with Gasteiger partial charge < -0.3 is 15.0 Å². The molecular formula is C36H44N2O4. The summed E-state index contributed by atoms with van der Waals surface area (Å²) in [5, 5.41) is 2.93. The third-order valence-electron chi connectivity index (χ3n) is 8.69. The van der Waals surface area contributed by atoms with E-state index < -0.39 is 5.92 Å². The van der Waals surface area contributed by atoms with Crippen molar-refractivity contribution in [2.45, 2.75) is 86.5 Å². The molecule has 0 saturated heterocycles. The SMILES string of the molecule is CCCN1C2=C(C(=O)CC(C)(C)C2)C(c2cccc(OCC(=O)Nc3ccc(C)cc3C)c2)C2=C1CC(C)(C)CC2=O. The number of ketones is 2. The molecule has 0 unspecified atom stereocenters. The Morgan fingerprint density at radius 1 is 0.905 bits per heavy atom. The Labute approximate surface area is 250 Å². The quantitative estimate of drug-likeness (QED) is 0.376. The van der Waals surface area contributed by atoms with Crippen molar-refractivity contribution in [1.82, 2.24) is 4.90 Å². The minimum absolute atomic E-state index is 0.121. The van der Waals surface area contributed by atoms with Crippen molar-refractivity contribution < 1.29 is 19.1 Å². The molecule has 222 valence electrons. The summed E-state index contributed by atoms with van der Waals surface area (Å²) in [4.78, 5) is 42.9. The molecule has 6 nitrogen and oxygen atoms in total. The van der Waals surface area contributed by atoms with Crippen LogP contribution >= 0.6 is 0 Å². The number of amides is 1. The Hall–Kier alpha value is -3.67. The largest absolute Gasteiger partial charge is 0.484 e. The maximum Gasteiger partial charge on any atom is 0.262 e. The van der Waals surface area contributed by atoms with Crippen LogP contribution in [-0.4, -0.2) is 35.5 Å². The lowest BCUT2D eigenvalue weighted by Gasteiger charge is -2.49. The van der Waals surface area contributed by atoms with Crippen molar-refractivity contribution in [3.05, 3.63) is 81.7 Å². The van der Waals surface area contributed by atoms with Crippen LogP contribution in [0, 0.1) is 24.7 Å². The van der Waals surface area contributed by atoms with E-state index in [1.54, 1.807) is 0 Å². The van der Waals surface area contributed by atoms with E-state index in [4.69, 9.17) is 4.74 Å². The highest BCUT2D eigenvalue weighted by molar-refractivity contribution is 6.06. The van der Waals surface area contributed by atoms with Crippen molar-refractivity contribution >= 4 is 23.2 Å². The van der Waals surface area contributed by atoms with Crippen LogP contribution in [-0.2, 0) is 14.4 Å². The average Bonchev–Trinajstić information content (AvgIpc) is 2.89. The van der Waals surface area contributed by atoms with Gasteiger partial charge >= 0.3 is 0 Å². The number of benzene rings is 2. The molecule has 1 aliphatic heterocycles. The monoisotopic (exact) mass is 568 g/mol. The topological polar surface area (TPSA) is 75.7 Å². The van der Waals surface area contributed by atoms with Crippen LogP contribution in [0.15, 0.2) is 65.0 Å². The molecule has 2 aromatic carbocycles. The van der Waals surface area contributed by atoms with Crippen LogP contribution in [0.25, 0.3) is 0 Å². The first-order valence-corrected chi connectivity index (χ1v) is 15.2. The van der Waals surface area contributed by atoms with Gasteiger partial charge in [-0.3, -0.25) is 14.4 Å². The molecule has 3 aliphatic rings. The molecule has 6 heteroatoms. The molecule has 2 aromatic rings. The fraction of sp³-hybridized carbons (Fsp3) is 0.472. The number of nitrogens with zero attached hydrogens (tertiary/aromatic N) is 1. The van der Waals surface area contributed by atoms with Gasteiger partial charge in [-0.25, -0.2) is 0 Å². The van der Waals surface area contributed by atoms with E-state index in [9.17, 15) is 14.4 Å². The van der Waals surface area contributed by atoms with Crippen molar-refractivity contribution in [2.75, 3.05) is 18.5 Å². The van der Waals surface area contributed by atoms with E-state index in [0.29, 0.717) is 18.6 Å². The van der Waals surface area contributed by atoms with Gasteiger partial charge in [0.2, 0.25) is 0 Å². The number of Topliss-reactive ketones (excluding diaryl/α,β-unsaturated/α-hetero) is 2. The Balaban J connectivity index is 1.50. The zero-order valence-electron chi connectivity index (χ0n) is 26.1. The average molecular weight is 569 g/mol. The zero-order chi connectivity index (χ0) is 30.4. The Kier molecular flexibility index (Phi) is 7.95. The maximum absolute atomic E-state index is 13.9. The summed E-state index contributed by atoms with van der Waals surface area (Å²) in [6.07, 6.45) is 3.43. The van der Waals surface area contributed by atoms with Gasteiger partial charge in [0, 0.05) is 53.5 Å². The summed E-state index contributed by atoms with van der Waals surface area (Å²) in [5.41, 5.74) is 7.14. The number of nitrogens with one attached hydrogen (secondary N) is 1. The third-order valence-corrected chi connectivity index (χ3v) is 8.69. The molecule has 0 radical (unpaired) electrons. The van der Waals surface area contributed by atoms with Crippen molar-refractivity contribution in [3.8, 4) is 5.75 Å². The number of aryl methyl sites for hydroxylation is 2. The highest BCUT2D eigenvalue weighted by atomic mass is 16.5. The Bertz CT molecular complexity index is 1460. The van der Waals surface area contributed by atoms with E-state index in [0.717, 1.165) is 70.7 Å². The minimum atomic E-state index is -0.428. The lowest BCUT2D eigenvalue weighted by atomic mass is 9.63. The van der Waals surface area contributed by atoms with Gasteiger partial charge in [-0.1, -0.05) is 64.4 Å². The number of carbonyl (C=O) groups is 3. The molecule has 0 aromatic heterocycles. The lowest BCUT2D eigenvalue weighted by Crippen LogP contribution is -2.44. The Morgan fingerprint density at radius 3 is 2.10 bits per heavy atom.